The zero-order valence-corrected chi connectivity index (χ0v) is 8.92. The van der Waals surface area contributed by atoms with Crippen molar-refractivity contribution in [2.45, 2.75) is 0 Å². The van der Waals surface area contributed by atoms with E-state index in [9.17, 15) is 0 Å². The van der Waals surface area contributed by atoms with E-state index in [0.717, 1.165) is 17.3 Å². The standard InChI is InChI=1S/C11H14ClNO/c1-13-8-2-3-9-14-11-6-4-10(12)5-7-11/h2-7,13H,8-9H2,1H3/b3-2+. The first-order valence-electron chi connectivity index (χ1n) is 4.51. The SMILES string of the molecule is CNC/C=C/COc1ccc(Cl)cc1. The van der Waals surface area contributed by atoms with Crippen LogP contribution in [-0.2, 0) is 0 Å². The molecule has 0 saturated carbocycles. The minimum absolute atomic E-state index is 0.587. The Morgan fingerprint density at radius 2 is 2.00 bits per heavy atom. The van der Waals surface area contributed by atoms with Gasteiger partial charge in [-0.15, -0.1) is 0 Å². The molecule has 14 heavy (non-hydrogen) atoms. The highest BCUT2D eigenvalue weighted by atomic mass is 35.5. The predicted molar refractivity (Wildman–Crippen MR) is 60.0 cm³/mol. The van der Waals surface area contributed by atoms with Crippen LogP contribution in [0, 0.1) is 0 Å². The Hall–Kier alpha value is -0.990. The highest BCUT2D eigenvalue weighted by molar-refractivity contribution is 6.30. The van der Waals surface area contributed by atoms with Crippen molar-refractivity contribution in [3.8, 4) is 5.75 Å². The third-order valence-electron chi connectivity index (χ3n) is 1.65. The molecule has 0 atom stereocenters. The lowest BCUT2D eigenvalue weighted by Crippen LogP contribution is -2.04. The number of rotatable bonds is 5. The topological polar surface area (TPSA) is 21.3 Å². The minimum Gasteiger partial charge on any atom is -0.490 e. The second kappa shape index (κ2) is 6.46. The Balaban J connectivity index is 2.28. The van der Waals surface area contributed by atoms with E-state index in [0.29, 0.717) is 6.61 Å². The summed E-state index contributed by atoms with van der Waals surface area (Å²) in [5, 5.41) is 3.74. The molecule has 3 heteroatoms. The van der Waals surface area contributed by atoms with E-state index in [4.69, 9.17) is 16.3 Å². The van der Waals surface area contributed by atoms with Crippen molar-refractivity contribution in [2.24, 2.45) is 0 Å². The van der Waals surface area contributed by atoms with Gasteiger partial charge in [-0.25, -0.2) is 0 Å². The maximum absolute atomic E-state index is 5.74. The average Bonchev–Trinajstić information content (AvgIpc) is 2.21. The Kier molecular flexibility index (Phi) is 5.12. The summed E-state index contributed by atoms with van der Waals surface area (Å²) in [7, 11) is 1.91. The van der Waals surface area contributed by atoms with Gasteiger partial charge in [0.05, 0.1) is 0 Å². The van der Waals surface area contributed by atoms with E-state index in [2.05, 4.69) is 5.32 Å². The van der Waals surface area contributed by atoms with Crippen LogP contribution < -0.4 is 10.1 Å². The van der Waals surface area contributed by atoms with Gasteiger partial charge in [0.2, 0.25) is 0 Å². The van der Waals surface area contributed by atoms with Crippen molar-refractivity contribution in [3.05, 3.63) is 41.4 Å². The van der Waals surface area contributed by atoms with Gasteiger partial charge >= 0.3 is 0 Å². The summed E-state index contributed by atoms with van der Waals surface area (Å²) >= 11 is 5.74. The lowest BCUT2D eigenvalue weighted by atomic mass is 10.3. The third-order valence-corrected chi connectivity index (χ3v) is 1.90. The molecule has 1 rings (SSSR count). The highest BCUT2D eigenvalue weighted by Crippen LogP contribution is 2.15. The monoisotopic (exact) mass is 211 g/mol. The van der Waals surface area contributed by atoms with Crippen molar-refractivity contribution < 1.29 is 4.74 Å². The fourth-order valence-corrected chi connectivity index (χ4v) is 1.07. The summed E-state index contributed by atoms with van der Waals surface area (Å²) in [6.45, 7) is 1.45. The molecule has 0 unspecified atom stereocenters. The Labute approximate surface area is 89.5 Å². The zero-order chi connectivity index (χ0) is 10.2. The van der Waals surface area contributed by atoms with Crippen molar-refractivity contribution in [2.75, 3.05) is 20.2 Å². The van der Waals surface area contributed by atoms with Crippen molar-refractivity contribution in [1.82, 2.24) is 5.32 Å². The lowest BCUT2D eigenvalue weighted by molar-refractivity contribution is 0.362. The number of likely N-dealkylation sites (N-methyl/N-ethyl adjacent to an activating group) is 1. The van der Waals surface area contributed by atoms with Gasteiger partial charge in [-0.3, -0.25) is 0 Å². The number of hydrogen-bond donors (Lipinski definition) is 1. The summed E-state index contributed by atoms with van der Waals surface area (Å²) in [4.78, 5) is 0. The summed E-state index contributed by atoms with van der Waals surface area (Å²) in [5.41, 5.74) is 0. The van der Waals surface area contributed by atoms with Gasteiger partial charge < -0.3 is 10.1 Å². The second-order valence-electron chi connectivity index (χ2n) is 2.79. The maximum Gasteiger partial charge on any atom is 0.119 e. The Bertz CT molecular complexity index is 282. The van der Waals surface area contributed by atoms with Crippen LogP contribution >= 0.6 is 11.6 Å². The van der Waals surface area contributed by atoms with E-state index < -0.39 is 0 Å². The molecule has 0 bridgehead atoms. The van der Waals surface area contributed by atoms with Gasteiger partial charge in [-0.1, -0.05) is 23.8 Å². The van der Waals surface area contributed by atoms with Crippen LogP contribution in [0.3, 0.4) is 0 Å². The molecule has 0 aromatic heterocycles. The molecule has 0 saturated heterocycles. The fourth-order valence-electron chi connectivity index (χ4n) is 0.944. The molecule has 0 aliphatic heterocycles. The number of nitrogens with one attached hydrogen (secondary N) is 1. The summed E-state index contributed by atoms with van der Waals surface area (Å²) in [6, 6.07) is 7.34. The molecule has 1 N–H and O–H groups in total. The number of ether oxygens (including phenoxy) is 1. The largest absolute Gasteiger partial charge is 0.490 e. The maximum atomic E-state index is 5.74. The van der Waals surface area contributed by atoms with E-state index in [1.54, 1.807) is 0 Å². The molecular formula is C11H14ClNO. The normalized spacial score (nSPS) is 10.7. The molecule has 1 aromatic carbocycles. The van der Waals surface area contributed by atoms with Crippen molar-refractivity contribution in [3.63, 3.8) is 0 Å². The molecule has 76 valence electrons. The molecule has 0 radical (unpaired) electrons. The van der Waals surface area contributed by atoms with Crippen LogP contribution in [0.1, 0.15) is 0 Å². The Morgan fingerprint density at radius 1 is 1.29 bits per heavy atom. The molecular weight excluding hydrogens is 198 g/mol. The summed E-state index contributed by atoms with van der Waals surface area (Å²) < 4.78 is 5.43. The van der Waals surface area contributed by atoms with Crippen LogP contribution in [0.2, 0.25) is 5.02 Å². The van der Waals surface area contributed by atoms with Crippen LogP contribution in [0.5, 0.6) is 5.75 Å². The number of halogens is 1. The second-order valence-corrected chi connectivity index (χ2v) is 3.23. The number of benzene rings is 1. The van der Waals surface area contributed by atoms with Crippen molar-refractivity contribution in [1.29, 1.82) is 0 Å². The molecule has 0 amide bonds. The molecule has 0 fully saturated rings. The quantitative estimate of drug-likeness (QED) is 0.756. The van der Waals surface area contributed by atoms with Gasteiger partial charge in [0.15, 0.2) is 0 Å². The van der Waals surface area contributed by atoms with Gasteiger partial charge in [-0.2, -0.15) is 0 Å². The lowest BCUT2D eigenvalue weighted by Gasteiger charge is -2.02. The van der Waals surface area contributed by atoms with Crippen molar-refractivity contribution >= 4 is 11.6 Å². The first-order chi connectivity index (χ1) is 6.83. The van der Waals surface area contributed by atoms with Crippen LogP contribution in [-0.4, -0.2) is 20.2 Å². The Morgan fingerprint density at radius 3 is 2.64 bits per heavy atom. The molecule has 0 aliphatic rings. The van der Waals surface area contributed by atoms with Crippen LogP contribution in [0.15, 0.2) is 36.4 Å². The zero-order valence-electron chi connectivity index (χ0n) is 8.16. The summed E-state index contributed by atoms with van der Waals surface area (Å²) in [5.74, 6) is 0.837. The fraction of sp³-hybridized carbons (Fsp3) is 0.273. The van der Waals surface area contributed by atoms with Crippen LogP contribution in [0.25, 0.3) is 0 Å². The number of hydrogen-bond acceptors (Lipinski definition) is 2. The van der Waals surface area contributed by atoms with E-state index >= 15 is 0 Å². The first kappa shape index (κ1) is 11.1. The highest BCUT2D eigenvalue weighted by Gasteiger charge is 1.90. The van der Waals surface area contributed by atoms with E-state index in [-0.39, 0.29) is 0 Å². The molecule has 2 nitrogen and oxygen atoms in total. The average molecular weight is 212 g/mol. The predicted octanol–water partition coefficient (Wildman–Crippen LogP) is 2.49. The van der Waals surface area contributed by atoms with E-state index in [1.165, 1.54) is 0 Å². The molecule has 1 aromatic rings. The molecule has 0 spiro atoms. The first-order valence-corrected chi connectivity index (χ1v) is 4.88. The summed E-state index contributed by atoms with van der Waals surface area (Å²) in [6.07, 6.45) is 4.00. The van der Waals surface area contributed by atoms with Gasteiger partial charge in [0.25, 0.3) is 0 Å². The smallest absolute Gasteiger partial charge is 0.119 e. The van der Waals surface area contributed by atoms with Crippen LogP contribution in [0.4, 0.5) is 0 Å². The van der Waals surface area contributed by atoms with Gasteiger partial charge in [0.1, 0.15) is 12.4 Å². The van der Waals surface area contributed by atoms with E-state index in [1.807, 2.05) is 43.5 Å². The molecule has 0 aliphatic carbocycles. The third kappa shape index (κ3) is 4.30. The van der Waals surface area contributed by atoms with Gasteiger partial charge in [-0.05, 0) is 31.3 Å². The molecule has 0 heterocycles. The van der Waals surface area contributed by atoms with Gasteiger partial charge in [0, 0.05) is 11.6 Å². The minimum atomic E-state index is 0.587.